The molecule has 0 saturated carbocycles. The van der Waals surface area contributed by atoms with Crippen LogP contribution in [-0.2, 0) is 32.3 Å². The molecule has 1 N–H and O–H groups in total. The van der Waals surface area contributed by atoms with Crippen LogP contribution >= 0.6 is 0 Å². The van der Waals surface area contributed by atoms with Gasteiger partial charge in [0.25, 0.3) is 0 Å². The van der Waals surface area contributed by atoms with Gasteiger partial charge in [-0.15, -0.1) is 0 Å². The monoisotopic (exact) mass is 591 g/mol. The molecule has 0 spiro atoms. The van der Waals surface area contributed by atoms with Gasteiger partial charge in [-0.1, -0.05) is 0 Å². The van der Waals surface area contributed by atoms with E-state index in [2.05, 4.69) is 98.8 Å². The van der Waals surface area contributed by atoms with E-state index < -0.39 is 22.8 Å². The van der Waals surface area contributed by atoms with Crippen molar-refractivity contribution in [3.63, 3.8) is 0 Å². The molecule has 5 heteroatoms. The Morgan fingerprint density at radius 3 is 1.94 bits per heavy atom. The van der Waals surface area contributed by atoms with Crippen LogP contribution < -0.4 is 29.6 Å². The summed E-state index contributed by atoms with van der Waals surface area (Å²) in [6, 6.07) is 31.2. The van der Waals surface area contributed by atoms with E-state index in [0.29, 0.717) is 6.61 Å². The minimum absolute atomic E-state index is 0. The van der Waals surface area contributed by atoms with Crippen LogP contribution in [0.25, 0.3) is 22.3 Å². The molecule has 2 nitrogen and oxygen atoms in total. The maximum atomic E-state index is 9.71. The number of benzene rings is 4. The number of rotatable bonds is 5. The van der Waals surface area contributed by atoms with Gasteiger partial charge in [-0.25, -0.2) is 0 Å². The topological polar surface area (TPSA) is 29.5 Å². The largest absolute Gasteiger partial charge is 1.00 e. The smallest absolute Gasteiger partial charge is 1.00 e. The summed E-state index contributed by atoms with van der Waals surface area (Å²) in [6.07, 6.45) is 0.874. The second kappa shape index (κ2) is 10.8. The Labute approximate surface area is 236 Å². The molecule has 36 heavy (non-hydrogen) atoms. The Balaban J connectivity index is 0.00000152. The summed E-state index contributed by atoms with van der Waals surface area (Å²) in [5, 5.41) is 9.71. The third-order valence-corrected chi connectivity index (χ3v) is 11.2. The third-order valence-electron chi connectivity index (χ3n) is 7.07. The van der Waals surface area contributed by atoms with Crippen molar-refractivity contribution in [2.45, 2.75) is 23.4 Å². The average molecular weight is 594 g/mol. The number of hydrogen-bond donors (Lipinski definition) is 1. The summed E-state index contributed by atoms with van der Waals surface area (Å²) >= 11 is -1.12. The van der Waals surface area contributed by atoms with Crippen LogP contribution in [-0.4, -0.2) is 21.5 Å². The molecule has 0 heterocycles. The molecule has 0 amide bonds. The van der Waals surface area contributed by atoms with E-state index in [9.17, 15) is 5.11 Å². The summed E-state index contributed by atoms with van der Waals surface area (Å²) < 4.78 is 7.86. The molecule has 0 aliphatic heterocycles. The fraction of sp³-hybridized carbons (Fsp3) is 0.194. The maximum absolute atomic E-state index is 9.71. The Bertz CT molecular complexity index is 1410. The van der Waals surface area contributed by atoms with Crippen LogP contribution in [0.15, 0.2) is 84.9 Å². The SMILES string of the molecule is C[C](C)=[Zr+2][C]1(c2ccc3c(c2OCCO)Cc2ccccc2-3)c2ccccc2-c2ccccc21.[Cl-].[Cl-]. The average Bonchev–Trinajstić information content (AvgIpc) is 3.37. The summed E-state index contributed by atoms with van der Waals surface area (Å²) in [7, 11) is 0. The first kappa shape index (κ1) is 27.0. The molecule has 4 aromatic carbocycles. The predicted molar refractivity (Wildman–Crippen MR) is 135 cm³/mol. The second-order valence-corrected chi connectivity index (χ2v) is 14.3. The molecule has 0 fully saturated rings. The van der Waals surface area contributed by atoms with Crippen LogP contribution in [0.2, 0.25) is 0 Å². The quantitative estimate of drug-likeness (QED) is 0.316. The van der Waals surface area contributed by atoms with E-state index in [1.54, 1.807) is 3.21 Å². The van der Waals surface area contributed by atoms with Gasteiger partial charge in [-0.2, -0.15) is 0 Å². The van der Waals surface area contributed by atoms with Crippen molar-refractivity contribution >= 4 is 3.21 Å². The van der Waals surface area contributed by atoms with E-state index in [1.807, 2.05) is 0 Å². The van der Waals surface area contributed by atoms with E-state index >= 15 is 0 Å². The number of hydrogen-bond acceptors (Lipinski definition) is 2. The summed E-state index contributed by atoms with van der Waals surface area (Å²) in [5.74, 6) is 0.983. The molecule has 0 aromatic heterocycles. The summed E-state index contributed by atoms with van der Waals surface area (Å²) in [6.45, 7) is 4.91. The number of fused-ring (bicyclic) bond motifs is 6. The molecule has 181 valence electrons. The van der Waals surface area contributed by atoms with Crippen molar-refractivity contribution < 1.29 is 57.4 Å². The van der Waals surface area contributed by atoms with Gasteiger partial charge in [0.1, 0.15) is 0 Å². The van der Waals surface area contributed by atoms with Gasteiger partial charge in [0.15, 0.2) is 0 Å². The Morgan fingerprint density at radius 2 is 1.33 bits per heavy atom. The molecule has 6 rings (SSSR count). The van der Waals surface area contributed by atoms with Crippen LogP contribution in [0.4, 0.5) is 0 Å². The second-order valence-electron chi connectivity index (χ2n) is 9.34. The zero-order chi connectivity index (χ0) is 23.3. The van der Waals surface area contributed by atoms with Crippen molar-refractivity contribution in [3.05, 3.63) is 113 Å². The maximum Gasteiger partial charge on any atom is -1.00 e. The van der Waals surface area contributed by atoms with Crippen LogP contribution in [0.1, 0.15) is 41.7 Å². The Morgan fingerprint density at radius 1 is 0.750 bits per heavy atom. The van der Waals surface area contributed by atoms with Crippen molar-refractivity contribution in [1.82, 2.24) is 0 Å². The Hall–Kier alpha value is -2.03. The van der Waals surface area contributed by atoms with Gasteiger partial charge in [0.2, 0.25) is 0 Å². The van der Waals surface area contributed by atoms with Crippen molar-refractivity contribution in [1.29, 1.82) is 0 Å². The number of halogens is 2. The minimum Gasteiger partial charge on any atom is -1.00 e. The standard InChI is InChI=1S/C28H21O2.C3H6.2ClH.Zr/c29-15-16-30-28-25(14-13-22-19-8-2-1-7-18(19)17-26(22)28)27-23-11-5-3-9-20(23)21-10-4-6-12-24(21)27;1-3-2;;;/h1-14,29H,15-17H2;1-2H3;2*1H;/q;;;;+2/p-2. The van der Waals surface area contributed by atoms with Crippen LogP contribution in [0.3, 0.4) is 0 Å². The molecule has 0 saturated heterocycles. The van der Waals surface area contributed by atoms with Crippen molar-refractivity contribution in [2.24, 2.45) is 0 Å². The normalized spacial score (nSPS) is 13.2. The number of aliphatic hydroxyl groups excluding tert-OH is 1. The molecular formula is C31H27Cl2O2Zr. The first-order valence-electron chi connectivity index (χ1n) is 11.9. The number of aliphatic hydroxyl groups is 1. The van der Waals surface area contributed by atoms with Gasteiger partial charge < -0.3 is 24.8 Å². The fourth-order valence-corrected chi connectivity index (χ4v) is 10.3. The van der Waals surface area contributed by atoms with Gasteiger partial charge >= 0.3 is 213 Å². The third kappa shape index (κ3) is 4.05. The zero-order valence-electron chi connectivity index (χ0n) is 20.3. The molecule has 0 unspecified atom stereocenters. The van der Waals surface area contributed by atoms with Crippen LogP contribution in [0, 0.1) is 0 Å². The van der Waals surface area contributed by atoms with Gasteiger partial charge in [-0.3, -0.25) is 0 Å². The summed E-state index contributed by atoms with van der Waals surface area (Å²) in [4.78, 5) is 0. The molecule has 0 radical (unpaired) electrons. The zero-order valence-corrected chi connectivity index (χ0v) is 24.3. The molecular weight excluding hydrogens is 566 g/mol. The first-order chi connectivity index (χ1) is 16.6. The van der Waals surface area contributed by atoms with E-state index in [0.717, 1.165) is 12.2 Å². The number of ether oxygens (including phenoxy) is 1. The van der Waals surface area contributed by atoms with Gasteiger partial charge in [0, 0.05) is 0 Å². The summed E-state index contributed by atoms with van der Waals surface area (Å²) in [5.41, 5.74) is 12.0. The molecule has 0 atom stereocenters. The van der Waals surface area contributed by atoms with Gasteiger partial charge in [0.05, 0.1) is 0 Å². The molecule has 0 bridgehead atoms. The van der Waals surface area contributed by atoms with E-state index in [1.165, 1.54) is 50.1 Å². The minimum atomic E-state index is -1.12. The van der Waals surface area contributed by atoms with Crippen molar-refractivity contribution in [3.8, 4) is 28.0 Å². The Kier molecular flexibility index (Phi) is 8.08. The predicted octanol–water partition coefficient (Wildman–Crippen LogP) is 0.204. The van der Waals surface area contributed by atoms with Crippen molar-refractivity contribution in [2.75, 3.05) is 13.2 Å². The van der Waals surface area contributed by atoms with Crippen LogP contribution in [0.5, 0.6) is 5.75 Å². The molecule has 4 aromatic rings. The molecule has 2 aliphatic carbocycles. The first-order valence-corrected chi connectivity index (χ1v) is 14.4. The molecule has 2 aliphatic rings. The van der Waals surface area contributed by atoms with Gasteiger partial charge in [-0.05, 0) is 0 Å². The van der Waals surface area contributed by atoms with E-state index in [4.69, 9.17) is 4.74 Å². The van der Waals surface area contributed by atoms with E-state index in [-0.39, 0.29) is 34.5 Å². The fourth-order valence-electron chi connectivity index (χ4n) is 5.89.